The molecule has 0 radical (unpaired) electrons. The van der Waals surface area contributed by atoms with Crippen molar-refractivity contribution in [3.8, 4) is 6.07 Å². The molecular formula is C11H9NO2S. The summed E-state index contributed by atoms with van der Waals surface area (Å²) in [6.45, 7) is 3.53. The number of thiophene rings is 1. The van der Waals surface area contributed by atoms with Crippen molar-refractivity contribution < 1.29 is 9.53 Å². The second kappa shape index (κ2) is 5.78. The van der Waals surface area contributed by atoms with Gasteiger partial charge >= 0.3 is 5.97 Å². The molecule has 3 nitrogen and oxygen atoms in total. The van der Waals surface area contributed by atoms with Gasteiger partial charge in [-0.1, -0.05) is 18.7 Å². The van der Waals surface area contributed by atoms with E-state index < -0.39 is 5.97 Å². The van der Waals surface area contributed by atoms with Crippen LogP contribution in [-0.2, 0) is 9.53 Å². The molecule has 4 heteroatoms. The van der Waals surface area contributed by atoms with Gasteiger partial charge in [0, 0.05) is 4.88 Å². The highest BCUT2D eigenvalue weighted by Crippen LogP contribution is 2.13. The quantitative estimate of drug-likeness (QED) is 0.338. The Morgan fingerprint density at radius 1 is 1.73 bits per heavy atom. The van der Waals surface area contributed by atoms with Crippen LogP contribution < -0.4 is 0 Å². The molecule has 0 saturated carbocycles. The van der Waals surface area contributed by atoms with E-state index in [0.29, 0.717) is 0 Å². The van der Waals surface area contributed by atoms with Gasteiger partial charge < -0.3 is 4.74 Å². The summed E-state index contributed by atoms with van der Waals surface area (Å²) in [5, 5.41) is 10.6. The summed E-state index contributed by atoms with van der Waals surface area (Å²) in [7, 11) is 0. The highest BCUT2D eigenvalue weighted by atomic mass is 32.1. The molecule has 0 atom stereocenters. The maximum atomic E-state index is 11.3. The number of ether oxygens (including phenoxy) is 1. The first kappa shape index (κ1) is 11.2. The number of nitriles is 1. The fraction of sp³-hybridized carbons (Fsp3) is 0.0909. The Bertz CT molecular complexity index is 412. The highest BCUT2D eigenvalue weighted by Gasteiger charge is 2.09. The molecule has 0 aromatic carbocycles. The van der Waals surface area contributed by atoms with E-state index in [0.717, 1.165) is 4.88 Å². The van der Waals surface area contributed by atoms with Gasteiger partial charge in [-0.2, -0.15) is 5.26 Å². The molecule has 1 rings (SSSR count). The van der Waals surface area contributed by atoms with E-state index in [1.165, 1.54) is 23.5 Å². The normalized spacial score (nSPS) is 10.5. The summed E-state index contributed by atoms with van der Waals surface area (Å²) < 4.78 is 4.75. The molecule has 1 aromatic heterocycles. The molecule has 15 heavy (non-hydrogen) atoms. The number of esters is 1. The molecular weight excluding hydrogens is 210 g/mol. The summed E-state index contributed by atoms with van der Waals surface area (Å²) in [6, 6.07) is 5.48. The van der Waals surface area contributed by atoms with Crippen molar-refractivity contribution in [1.82, 2.24) is 0 Å². The Balaban J connectivity index is 2.76. The molecule has 1 heterocycles. The van der Waals surface area contributed by atoms with Gasteiger partial charge in [0.25, 0.3) is 0 Å². The number of rotatable bonds is 4. The monoisotopic (exact) mass is 219 g/mol. The molecule has 1 aromatic rings. The van der Waals surface area contributed by atoms with Crippen LogP contribution in [-0.4, -0.2) is 12.6 Å². The van der Waals surface area contributed by atoms with Crippen LogP contribution in [0.1, 0.15) is 4.88 Å². The molecule has 0 aliphatic heterocycles. The van der Waals surface area contributed by atoms with E-state index in [1.807, 2.05) is 23.6 Å². The number of carbonyl (C=O) groups excluding carboxylic acids is 1. The van der Waals surface area contributed by atoms with Crippen molar-refractivity contribution in [2.45, 2.75) is 0 Å². The van der Waals surface area contributed by atoms with Crippen LogP contribution in [0.15, 0.2) is 35.7 Å². The van der Waals surface area contributed by atoms with E-state index >= 15 is 0 Å². The lowest BCUT2D eigenvalue weighted by molar-refractivity contribution is -0.137. The Morgan fingerprint density at radius 2 is 2.53 bits per heavy atom. The summed E-state index contributed by atoms with van der Waals surface area (Å²) in [5.41, 5.74) is -0.000648. The zero-order valence-electron chi connectivity index (χ0n) is 7.97. The van der Waals surface area contributed by atoms with E-state index in [4.69, 9.17) is 10.00 Å². The summed E-state index contributed by atoms with van der Waals surface area (Å²) in [6.07, 6.45) is 2.97. The maximum absolute atomic E-state index is 11.3. The van der Waals surface area contributed by atoms with Crippen LogP contribution in [0.3, 0.4) is 0 Å². The van der Waals surface area contributed by atoms with E-state index in [2.05, 4.69) is 6.58 Å². The first-order valence-electron chi connectivity index (χ1n) is 4.21. The first-order valence-corrected chi connectivity index (χ1v) is 5.09. The van der Waals surface area contributed by atoms with Crippen LogP contribution in [0, 0.1) is 11.3 Å². The fourth-order valence-electron chi connectivity index (χ4n) is 0.865. The average molecular weight is 219 g/mol. The van der Waals surface area contributed by atoms with Crippen LogP contribution in [0.5, 0.6) is 0 Å². The van der Waals surface area contributed by atoms with Gasteiger partial charge in [-0.15, -0.1) is 11.3 Å². The van der Waals surface area contributed by atoms with Crippen LogP contribution in [0.4, 0.5) is 0 Å². The second-order valence-corrected chi connectivity index (χ2v) is 3.55. The SMILES string of the molecule is C=CCOC(=O)C(C#N)=Cc1cccs1. The highest BCUT2D eigenvalue weighted by molar-refractivity contribution is 7.10. The molecule has 0 amide bonds. The molecule has 0 unspecified atom stereocenters. The minimum atomic E-state index is -0.620. The molecule has 0 aliphatic carbocycles. The maximum Gasteiger partial charge on any atom is 0.349 e. The largest absolute Gasteiger partial charge is 0.457 e. The van der Waals surface area contributed by atoms with E-state index in [9.17, 15) is 4.79 Å². The molecule has 76 valence electrons. The van der Waals surface area contributed by atoms with Crippen molar-refractivity contribution in [2.24, 2.45) is 0 Å². The van der Waals surface area contributed by atoms with Crippen LogP contribution >= 0.6 is 11.3 Å². The lowest BCUT2D eigenvalue weighted by atomic mass is 10.2. The zero-order chi connectivity index (χ0) is 11.1. The summed E-state index contributed by atoms with van der Waals surface area (Å²) in [5.74, 6) is -0.620. The minimum absolute atomic E-state index is 0.000648. The first-order chi connectivity index (χ1) is 7.27. The molecule has 0 fully saturated rings. The molecule has 0 aliphatic rings. The van der Waals surface area contributed by atoms with Gasteiger partial charge in [-0.05, 0) is 17.5 Å². The Hall–Kier alpha value is -1.86. The van der Waals surface area contributed by atoms with Gasteiger partial charge in [0.1, 0.15) is 18.2 Å². The summed E-state index contributed by atoms with van der Waals surface area (Å²) >= 11 is 1.45. The smallest absolute Gasteiger partial charge is 0.349 e. The summed E-state index contributed by atoms with van der Waals surface area (Å²) in [4.78, 5) is 12.2. The lowest BCUT2D eigenvalue weighted by Crippen LogP contribution is -2.06. The Kier molecular flexibility index (Phi) is 4.32. The predicted octanol–water partition coefficient (Wildman–Crippen LogP) is 2.38. The fourth-order valence-corrected chi connectivity index (χ4v) is 1.52. The number of nitrogens with zero attached hydrogens (tertiary/aromatic N) is 1. The molecule has 0 saturated heterocycles. The van der Waals surface area contributed by atoms with Crippen molar-refractivity contribution in [3.63, 3.8) is 0 Å². The van der Waals surface area contributed by atoms with Crippen molar-refractivity contribution >= 4 is 23.4 Å². The number of hydrogen-bond acceptors (Lipinski definition) is 4. The minimum Gasteiger partial charge on any atom is -0.457 e. The third-order valence-electron chi connectivity index (χ3n) is 1.50. The lowest BCUT2D eigenvalue weighted by Gasteiger charge is -1.98. The van der Waals surface area contributed by atoms with Crippen LogP contribution in [0.25, 0.3) is 6.08 Å². The molecule has 0 N–H and O–H groups in total. The van der Waals surface area contributed by atoms with Gasteiger partial charge in [-0.25, -0.2) is 4.79 Å². The van der Waals surface area contributed by atoms with Gasteiger partial charge in [-0.3, -0.25) is 0 Å². The van der Waals surface area contributed by atoms with Gasteiger partial charge in [0.05, 0.1) is 0 Å². The second-order valence-electron chi connectivity index (χ2n) is 2.57. The van der Waals surface area contributed by atoms with Crippen molar-refractivity contribution in [2.75, 3.05) is 6.61 Å². The topological polar surface area (TPSA) is 50.1 Å². The third kappa shape index (κ3) is 3.41. The van der Waals surface area contributed by atoms with Crippen LogP contribution in [0.2, 0.25) is 0 Å². The van der Waals surface area contributed by atoms with Gasteiger partial charge in [0.15, 0.2) is 0 Å². The predicted molar refractivity (Wildman–Crippen MR) is 59.1 cm³/mol. The Labute approximate surface area is 91.9 Å². The standard InChI is InChI=1S/C11H9NO2S/c1-2-5-14-11(13)9(8-12)7-10-4-3-6-15-10/h2-4,6-7H,1,5H2. The average Bonchev–Trinajstić information content (AvgIpc) is 2.75. The number of hydrogen-bond donors (Lipinski definition) is 0. The third-order valence-corrected chi connectivity index (χ3v) is 2.32. The van der Waals surface area contributed by atoms with Crippen molar-refractivity contribution in [3.05, 3.63) is 40.6 Å². The number of carbonyl (C=O) groups is 1. The van der Waals surface area contributed by atoms with Crippen molar-refractivity contribution in [1.29, 1.82) is 5.26 Å². The Morgan fingerprint density at radius 3 is 3.07 bits per heavy atom. The zero-order valence-corrected chi connectivity index (χ0v) is 8.79. The van der Waals surface area contributed by atoms with Gasteiger partial charge in [0.2, 0.25) is 0 Å². The van der Waals surface area contributed by atoms with E-state index in [1.54, 1.807) is 0 Å². The molecule has 0 bridgehead atoms. The molecule has 0 spiro atoms. The van der Waals surface area contributed by atoms with E-state index in [-0.39, 0.29) is 12.2 Å².